The third-order valence-corrected chi connectivity index (χ3v) is 5.14. The van der Waals surface area contributed by atoms with Crippen molar-refractivity contribution in [3.8, 4) is 6.07 Å². The molecule has 2 aromatic heterocycles. The van der Waals surface area contributed by atoms with Crippen molar-refractivity contribution in [2.45, 2.75) is 58.0 Å². The quantitative estimate of drug-likeness (QED) is 0.627. The predicted octanol–water partition coefficient (Wildman–Crippen LogP) is 4.61. The van der Waals surface area contributed by atoms with Crippen LogP contribution in [0.5, 0.6) is 0 Å². The van der Waals surface area contributed by atoms with Gasteiger partial charge >= 0.3 is 6.18 Å². The van der Waals surface area contributed by atoms with Gasteiger partial charge < -0.3 is 9.59 Å². The number of hydrogen-bond acceptors (Lipinski definition) is 6. The number of aryl methyl sites for hydroxylation is 1. The number of hydrogen-bond donors (Lipinski definition) is 0. The van der Waals surface area contributed by atoms with E-state index < -0.39 is 23.2 Å². The Kier molecular flexibility index (Phi) is 10.0. The molecule has 1 fully saturated rings. The van der Waals surface area contributed by atoms with Gasteiger partial charge in [-0.1, -0.05) is 20.3 Å². The van der Waals surface area contributed by atoms with E-state index in [0.29, 0.717) is 5.82 Å². The van der Waals surface area contributed by atoms with Crippen LogP contribution in [0, 0.1) is 18.3 Å². The second kappa shape index (κ2) is 12.0. The van der Waals surface area contributed by atoms with Crippen LogP contribution in [0.25, 0.3) is 0 Å². The molecule has 1 aliphatic heterocycles. The average Bonchev–Trinajstić information content (AvgIpc) is 3.63. The smallest absolute Gasteiger partial charge is 0.307 e. The number of pyridine rings is 2. The highest BCUT2D eigenvalue weighted by Crippen LogP contribution is 2.47. The molecule has 4 rings (SSSR count). The van der Waals surface area contributed by atoms with E-state index >= 15 is 0 Å². The molecule has 34 heavy (non-hydrogen) atoms. The number of carbonyl (C=O) groups excluding carboxylic acids is 3. The molecule has 0 spiro atoms. The largest absolute Gasteiger partial charge is 0.433 e. The van der Waals surface area contributed by atoms with Crippen molar-refractivity contribution in [2.24, 2.45) is 0 Å². The SMILES string of the molecule is C=O.C=O.CCC.Cc1cc(C2(C#N)CC2)cnc1N1CCc2nc(C(F)(F)F)ccc2C1=O. The van der Waals surface area contributed by atoms with Gasteiger partial charge in [0.25, 0.3) is 5.91 Å². The first kappa shape index (κ1) is 28.4. The lowest BCUT2D eigenvalue weighted by atomic mass is 9.97. The fourth-order valence-electron chi connectivity index (χ4n) is 3.41. The number of alkyl halides is 3. The molecular weight excluding hydrogens is 449 g/mol. The minimum atomic E-state index is -4.54. The molecule has 0 N–H and O–H groups in total. The van der Waals surface area contributed by atoms with Gasteiger partial charge in [-0.25, -0.2) is 9.97 Å². The lowest BCUT2D eigenvalue weighted by Gasteiger charge is -2.29. The zero-order valence-corrected chi connectivity index (χ0v) is 19.4. The standard InChI is InChI=1S/C19H15F3N4O.C3H8.2CH2O/c1-11-8-12(18(10-23)5-6-18)9-24-16(11)26-7-4-14-13(17(26)27)2-3-15(25-14)19(20,21)22;1-3-2;2*1-2/h2-3,8-9H,4-7H2,1H3;3H2,1-2H3;2*1H2. The zero-order valence-electron chi connectivity index (χ0n) is 19.4. The second-order valence-electron chi connectivity index (χ2n) is 7.66. The number of fused-ring (bicyclic) bond motifs is 1. The number of amides is 1. The van der Waals surface area contributed by atoms with Gasteiger partial charge in [-0.3, -0.25) is 9.69 Å². The van der Waals surface area contributed by atoms with Crippen LogP contribution in [-0.2, 0) is 27.6 Å². The summed E-state index contributed by atoms with van der Waals surface area (Å²) >= 11 is 0. The van der Waals surface area contributed by atoms with Crippen LogP contribution >= 0.6 is 0 Å². The van der Waals surface area contributed by atoms with E-state index in [2.05, 4.69) is 29.9 Å². The summed E-state index contributed by atoms with van der Waals surface area (Å²) < 4.78 is 38.5. The minimum absolute atomic E-state index is 0.154. The van der Waals surface area contributed by atoms with Crippen molar-refractivity contribution in [1.29, 1.82) is 5.26 Å². The molecule has 182 valence electrons. The normalized spacial score (nSPS) is 15.1. The van der Waals surface area contributed by atoms with Crippen LogP contribution in [-0.4, -0.2) is 36.0 Å². The lowest BCUT2D eigenvalue weighted by Crippen LogP contribution is -2.39. The average molecular weight is 476 g/mol. The van der Waals surface area contributed by atoms with Crippen LogP contribution in [0.2, 0.25) is 0 Å². The van der Waals surface area contributed by atoms with Crippen LogP contribution in [0.3, 0.4) is 0 Å². The summed E-state index contributed by atoms with van der Waals surface area (Å²) in [5.74, 6) is 0.0466. The van der Waals surface area contributed by atoms with Gasteiger partial charge in [0.2, 0.25) is 0 Å². The number of aromatic nitrogens is 2. The zero-order chi connectivity index (χ0) is 26.1. The number of rotatable bonds is 2. The second-order valence-corrected chi connectivity index (χ2v) is 7.66. The van der Waals surface area contributed by atoms with E-state index in [1.165, 1.54) is 17.4 Å². The topological polar surface area (TPSA) is 104 Å². The molecule has 10 heteroatoms. The van der Waals surface area contributed by atoms with Crippen LogP contribution in [0.15, 0.2) is 24.4 Å². The highest BCUT2D eigenvalue weighted by Gasteiger charge is 2.45. The molecule has 1 aliphatic carbocycles. The third-order valence-electron chi connectivity index (χ3n) is 5.14. The van der Waals surface area contributed by atoms with Crippen LogP contribution in [0.1, 0.15) is 66.0 Å². The third kappa shape index (κ3) is 6.04. The summed E-state index contributed by atoms with van der Waals surface area (Å²) in [5.41, 5.74) is 0.454. The summed E-state index contributed by atoms with van der Waals surface area (Å²) in [6.07, 6.45) is 0.144. The molecule has 0 atom stereocenters. The van der Waals surface area contributed by atoms with Gasteiger partial charge in [-0.2, -0.15) is 18.4 Å². The maximum Gasteiger partial charge on any atom is 0.433 e. The van der Waals surface area contributed by atoms with E-state index in [0.717, 1.165) is 30.0 Å². The van der Waals surface area contributed by atoms with Gasteiger partial charge in [0.1, 0.15) is 25.1 Å². The monoisotopic (exact) mass is 476 g/mol. The lowest BCUT2D eigenvalue weighted by molar-refractivity contribution is -0.141. The fraction of sp³-hybridized carbons (Fsp3) is 0.417. The molecule has 0 bridgehead atoms. The van der Waals surface area contributed by atoms with E-state index in [9.17, 15) is 23.2 Å². The number of nitriles is 1. The summed E-state index contributed by atoms with van der Waals surface area (Å²) in [6, 6.07) is 6.19. The molecule has 0 unspecified atom stereocenters. The van der Waals surface area contributed by atoms with Crippen molar-refractivity contribution in [2.75, 3.05) is 11.4 Å². The Morgan fingerprint density at radius 2 is 1.76 bits per heavy atom. The van der Waals surface area contributed by atoms with E-state index in [-0.39, 0.29) is 24.2 Å². The highest BCUT2D eigenvalue weighted by molar-refractivity contribution is 6.07. The fourth-order valence-corrected chi connectivity index (χ4v) is 3.41. The molecule has 1 amide bonds. The van der Waals surface area contributed by atoms with E-state index in [1.807, 2.05) is 26.6 Å². The van der Waals surface area contributed by atoms with Gasteiger partial charge in [-0.15, -0.1) is 0 Å². The van der Waals surface area contributed by atoms with Crippen LogP contribution in [0.4, 0.5) is 19.0 Å². The Bertz CT molecular complexity index is 1040. The summed E-state index contributed by atoms with van der Waals surface area (Å²) in [7, 11) is 0. The number of halogens is 3. The first-order valence-electron chi connectivity index (χ1n) is 10.5. The Labute approximate surface area is 196 Å². The maximum atomic E-state index is 12.8. The molecular formula is C24H27F3N4O3. The molecule has 1 saturated carbocycles. The highest BCUT2D eigenvalue weighted by atomic mass is 19.4. The van der Waals surface area contributed by atoms with Crippen molar-refractivity contribution in [1.82, 2.24) is 9.97 Å². The molecule has 0 saturated heterocycles. The van der Waals surface area contributed by atoms with Gasteiger partial charge in [0.05, 0.1) is 22.7 Å². The van der Waals surface area contributed by atoms with Gasteiger partial charge in [-0.05, 0) is 49.1 Å². The number of nitrogens with zero attached hydrogens (tertiary/aromatic N) is 4. The summed E-state index contributed by atoms with van der Waals surface area (Å²) in [5, 5.41) is 9.32. The van der Waals surface area contributed by atoms with E-state index in [4.69, 9.17) is 9.59 Å². The molecule has 2 aromatic rings. The van der Waals surface area contributed by atoms with Crippen molar-refractivity contribution < 1.29 is 27.6 Å². The maximum absolute atomic E-state index is 12.8. The number of carbonyl (C=O) groups is 3. The summed E-state index contributed by atoms with van der Waals surface area (Å²) in [6.45, 7) is 10.3. The molecule has 0 aromatic carbocycles. The molecule has 7 nitrogen and oxygen atoms in total. The van der Waals surface area contributed by atoms with Crippen LogP contribution < -0.4 is 4.90 Å². The Morgan fingerprint density at radius 1 is 1.18 bits per heavy atom. The molecule has 0 radical (unpaired) electrons. The van der Waals surface area contributed by atoms with Gasteiger partial charge in [0.15, 0.2) is 0 Å². The van der Waals surface area contributed by atoms with Crippen molar-refractivity contribution >= 4 is 25.3 Å². The summed E-state index contributed by atoms with van der Waals surface area (Å²) in [4.78, 5) is 38.3. The predicted molar refractivity (Wildman–Crippen MR) is 120 cm³/mol. The van der Waals surface area contributed by atoms with Crippen molar-refractivity contribution in [3.63, 3.8) is 0 Å². The Balaban J connectivity index is 0.000000750. The van der Waals surface area contributed by atoms with Crippen molar-refractivity contribution in [3.05, 3.63) is 52.5 Å². The number of anilines is 1. The molecule has 2 aliphatic rings. The first-order valence-corrected chi connectivity index (χ1v) is 10.5. The first-order chi connectivity index (χ1) is 16.2. The Hall–Kier alpha value is -3.61. The van der Waals surface area contributed by atoms with Gasteiger partial charge in [0, 0.05) is 19.2 Å². The Morgan fingerprint density at radius 3 is 2.24 bits per heavy atom. The molecule has 3 heterocycles. The van der Waals surface area contributed by atoms with E-state index in [1.54, 1.807) is 6.20 Å². The minimum Gasteiger partial charge on any atom is -0.307 e.